The molecule has 4 aliphatic rings. The Morgan fingerprint density at radius 2 is 2.00 bits per heavy atom. The van der Waals surface area contributed by atoms with Crippen molar-refractivity contribution < 1.29 is 23.1 Å². The van der Waals surface area contributed by atoms with Crippen LogP contribution in [-0.2, 0) is 21.9 Å². The lowest BCUT2D eigenvalue weighted by Gasteiger charge is -2.52. The maximum atomic E-state index is 13.2. The summed E-state index contributed by atoms with van der Waals surface area (Å²) < 4.78 is 34.7. The minimum atomic E-state index is -3.91. The van der Waals surface area contributed by atoms with Gasteiger partial charge in [-0.2, -0.15) is 0 Å². The zero-order valence-corrected chi connectivity index (χ0v) is 24.6. The van der Waals surface area contributed by atoms with E-state index in [0.29, 0.717) is 25.4 Å². The van der Waals surface area contributed by atoms with Crippen molar-refractivity contribution in [1.82, 2.24) is 4.72 Å². The standard InChI is InChI=1S/C31H37ClN2O5S/c1-20-5-3-7-28(35)30(2)14-12-23(30)17-34-18-31(13-4-6-21-15-24(32)9-10-25(21)31)19-39-27-11-8-22(16-26(27)34)29(36)33-40(20,37)38/h3,7-11,15-16,20,23,28,35H,4-6,12-14,17-19H2,1-2H3,(H,33,36)/b7-3+/t20-,23+,28+,30-,31+/m1/s1. The summed E-state index contributed by atoms with van der Waals surface area (Å²) in [7, 11) is -3.91. The van der Waals surface area contributed by atoms with Crippen molar-refractivity contribution in [3.05, 3.63) is 70.3 Å². The summed E-state index contributed by atoms with van der Waals surface area (Å²) >= 11 is 6.37. The molecule has 0 saturated heterocycles. The van der Waals surface area contributed by atoms with Gasteiger partial charge in [-0.05, 0) is 92.8 Å². The number of aliphatic hydroxyl groups excluding tert-OH is 1. The lowest BCUT2D eigenvalue weighted by Crippen LogP contribution is -2.53. The van der Waals surface area contributed by atoms with Gasteiger partial charge in [-0.1, -0.05) is 36.7 Å². The second kappa shape index (κ2) is 10.1. The first-order chi connectivity index (χ1) is 19.0. The van der Waals surface area contributed by atoms with Crippen LogP contribution >= 0.6 is 11.6 Å². The molecule has 1 amide bonds. The summed E-state index contributed by atoms with van der Waals surface area (Å²) in [5, 5.41) is 11.1. The third-order valence-corrected chi connectivity index (χ3v) is 11.9. The zero-order chi connectivity index (χ0) is 28.3. The molecule has 2 aliphatic heterocycles. The van der Waals surface area contributed by atoms with E-state index in [4.69, 9.17) is 16.3 Å². The Kier molecular flexibility index (Phi) is 6.95. The van der Waals surface area contributed by atoms with Crippen LogP contribution in [0.3, 0.4) is 0 Å². The van der Waals surface area contributed by atoms with Crippen LogP contribution in [0, 0.1) is 11.3 Å². The van der Waals surface area contributed by atoms with Crippen LogP contribution in [-0.4, -0.2) is 50.5 Å². The number of carbonyl (C=O) groups is 1. The van der Waals surface area contributed by atoms with E-state index in [1.54, 1.807) is 37.3 Å². The number of hydrogen-bond donors (Lipinski definition) is 2. The second-order valence-electron chi connectivity index (χ2n) is 12.4. The van der Waals surface area contributed by atoms with Crippen LogP contribution in [0.15, 0.2) is 48.6 Å². The van der Waals surface area contributed by atoms with Gasteiger partial charge >= 0.3 is 0 Å². The second-order valence-corrected chi connectivity index (χ2v) is 15.0. The highest BCUT2D eigenvalue weighted by molar-refractivity contribution is 7.90. The lowest BCUT2D eigenvalue weighted by atomic mass is 9.58. The fraction of sp³-hybridized carbons (Fsp3) is 0.516. The molecule has 214 valence electrons. The molecule has 1 spiro atoms. The molecule has 2 bridgehead atoms. The summed E-state index contributed by atoms with van der Waals surface area (Å²) in [5.41, 5.74) is 2.97. The Morgan fingerprint density at radius 1 is 1.18 bits per heavy atom. The molecule has 5 atom stereocenters. The molecule has 1 saturated carbocycles. The highest BCUT2D eigenvalue weighted by Crippen LogP contribution is 2.52. The van der Waals surface area contributed by atoms with Crippen molar-refractivity contribution in [2.24, 2.45) is 11.3 Å². The number of amides is 1. The molecule has 0 unspecified atom stereocenters. The highest BCUT2D eigenvalue weighted by atomic mass is 35.5. The number of aliphatic hydroxyl groups is 1. The summed E-state index contributed by atoms with van der Waals surface area (Å²) in [5.74, 6) is 0.238. The van der Waals surface area contributed by atoms with Crippen molar-refractivity contribution in [1.29, 1.82) is 0 Å². The Hall–Kier alpha value is -2.55. The molecule has 9 heteroatoms. The van der Waals surface area contributed by atoms with Crippen molar-refractivity contribution >= 4 is 33.2 Å². The van der Waals surface area contributed by atoms with Gasteiger partial charge in [0, 0.05) is 34.5 Å². The van der Waals surface area contributed by atoms with Gasteiger partial charge in [-0.15, -0.1) is 0 Å². The number of allylic oxidation sites excluding steroid dienone is 1. The summed E-state index contributed by atoms with van der Waals surface area (Å²) in [6.45, 7) is 5.57. The van der Waals surface area contributed by atoms with Crippen molar-refractivity contribution in [3.63, 3.8) is 0 Å². The number of nitrogens with zero attached hydrogens (tertiary/aromatic N) is 1. The van der Waals surface area contributed by atoms with E-state index in [0.717, 1.165) is 42.8 Å². The smallest absolute Gasteiger partial charge is 0.264 e. The Balaban J connectivity index is 1.46. The van der Waals surface area contributed by atoms with Crippen molar-refractivity contribution in [3.8, 4) is 5.75 Å². The number of sulfonamides is 1. The predicted molar refractivity (Wildman–Crippen MR) is 157 cm³/mol. The number of nitrogens with one attached hydrogen (secondary N) is 1. The zero-order valence-electron chi connectivity index (χ0n) is 23.0. The van der Waals surface area contributed by atoms with Gasteiger partial charge in [0.25, 0.3) is 5.91 Å². The van der Waals surface area contributed by atoms with Crippen molar-refractivity contribution in [2.45, 2.75) is 69.1 Å². The average molecular weight is 585 g/mol. The molecular formula is C31H37ClN2O5S. The van der Waals surface area contributed by atoms with E-state index in [1.807, 2.05) is 6.07 Å². The Bertz CT molecular complexity index is 1480. The number of rotatable bonds is 0. The number of anilines is 1. The first-order valence-corrected chi connectivity index (χ1v) is 16.1. The average Bonchev–Trinajstić information content (AvgIpc) is 3.06. The van der Waals surface area contributed by atoms with Crippen LogP contribution in [0.4, 0.5) is 5.69 Å². The van der Waals surface area contributed by atoms with E-state index in [2.05, 4.69) is 28.7 Å². The monoisotopic (exact) mass is 584 g/mol. The first kappa shape index (κ1) is 27.6. The molecule has 2 aromatic rings. The van der Waals surface area contributed by atoms with Crippen LogP contribution in [0.2, 0.25) is 5.02 Å². The maximum Gasteiger partial charge on any atom is 0.264 e. The van der Waals surface area contributed by atoms with Crippen LogP contribution in [0.25, 0.3) is 0 Å². The summed E-state index contributed by atoms with van der Waals surface area (Å²) in [6.07, 6.45) is 7.81. The van der Waals surface area contributed by atoms with Gasteiger partial charge in [0.1, 0.15) is 5.75 Å². The van der Waals surface area contributed by atoms with E-state index in [-0.39, 0.29) is 28.7 Å². The molecule has 1 fully saturated rings. The number of ether oxygens (including phenoxy) is 1. The third kappa shape index (κ3) is 4.72. The number of fused-ring (bicyclic) bond motifs is 4. The minimum Gasteiger partial charge on any atom is -0.490 e. The molecule has 0 aromatic heterocycles. The van der Waals surface area contributed by atoms with Crippen LogP contribution in [0.5, 0.6) is 5.75 Å². The molecule has 7 nitrogen and oxygen atoms in total. The molecular weight excluding hydrogens is 548 g/mol. The SMILES string of the molecule is C[C@@H]1C/C=C/[C@H](O)[C@]2(C)CC[C@H]2CN2C[C@@]3(CCCc4cc(Cl)ccc43)COc3ccc(cc32)C(=O)NS1(=O)=O. The predicted octanol–water partition coefficient (Wildman–Crippen LogP) is 5.00. The molecule has 2 aromatic carbocycles. The quantitative estimate of drug-likeness (QED) is 0.423. The molecule has 2 aliphatic carbocycles. The topological polar surface area (TPSA) is 95.9 Å². The number of benzene rings is 2. The van der Waals surface area contributed by atoms with E-state index < -0.39 is 27.3 Å². The third-order valence-electron chi connectivity index (χ3n) is 9.93. The molecule has 0 radical (unpaired) electrons. The van der Waals surface area contributed by atoms with Gasteiger partial charge in [-0.3, -0.25) is 4.79 Å². The van der Waals surface area contributed by atoms with Gasteiger partial charge in [0.2, 0.25) is 10.0 Å². The van der Waals surface area contributed by atoms with E-state index in [9.17, 15) is 18.3 Å². The first-order valence-electron chi connectivity index (χ1n) is 14.2. The Morgan fingerprint density at radius 3 is 2.77 bits per heavy atom. The van der Waals surface area contributed by atoms with Gasteiger partial charge in [0.05, 0.1) is 23.6 Å². The number of aryl methyl sites for hydroxylation is 1. The molecule has 2 heterocycles. The summed E-state index contributed by atoms with van der Waals surface area (Å²) in [4.78, 5) is 15.5. The van der Waals surface area contributed by atoms with Gasteiger partial charge in [-0.25, -0.2) is 13.1 Å². The largest absolute Gasteiger partial charge is 0.490 e. The van der Waals surface area contributed by atoms with Crippen LogP contribution in [0.1, 0.15) is 67.4 Å². The molecule has 2 N–H and O–H groups in total. The fourth-order valence-electron chi connectivity index (χ4n) is 7.05. The molecule has 6 rings (SSSR count). The molecule has 40 heavy (non-hydrogen) atoms. The van der Waals surface area contributed by atoms with Gasteiger partial charge < -0.3 is 14.7 Å². The van der Waals surface area contributed by atoms with E-state index in [1.165, 1.54) is 11.1 Å². The number of halogens is 1. The van der Waals surface area contributed by atoms with Gasteiger partial charge in [0.15, 0.2) is 0 Å². The highest BCUT2D eigenvalue weighted by Gasteiger charge is 2.49. The summed E-state index contributed by atoms with van der Waals surface area (Å²) in [6, 6.07) is 11.3. The van der Waals surface area contributed by atoms with Crippen molar-refractivity contribution in [2.75, 3.05) is 24.6 Å². The normalized spacial score (nSPS) is 34.0. The minimum absolute atomic E-state index is 0.205. The van der Waals surface area contributed by atoms with E-state index >= 15 is 0 Å². The Labute approximate surface area is 241 Å². The fourth-order valence-corrected chi connectivity index (χ4v) is 8.19. The number of carbonyl (C=O) groups excluding carboxylic acids is 1. The van der Waals surface area contributed by atoms with Crippen LogP contribution < -0.4 is 14.4 Å². The lowest BCUT2D eigenvalue weighted by molar-refractivity contribution is -0.0469. The maximum absolute atomic E-state index is 13.2. The number of hydrogen-bond acceptors (Lipinski definition) is 6.